The molecule has 0 unspecified atom stereocenters. The Balaban J connectivity index is 1.50. The summed E-state index contributed by atoms with van der Waals surface area (Å²) in [6.07, 6.45) is 3.65. The average molecular weight is 441 g/mol. The van der Waals surface area contributed by atoms with Crippen molar-refractivity contribution in [1.82, 2.24) is 10.2 Å². The van der Waals surface area contributed by atoms with Crippen LogP contribution in [0.15, 0.2) is 40.7 Å². The Hall–Kier alpha value is -2.04. The molecule has 1 aromatic carbocycles. The van der Waals surface area contributed by atoms with Crippen LogP contribution in [0.1, 0.15) is 18.4 Å². The first-order valence-corrected chi connectivity index (χ1v) is 11.4. The molecule has 6 nitrogen and oxygen atoms in total. The number of halogens is 1. The van der Waals surface area contributed by atoms with Gasteiger partial charge in [-0.15, -0.1) is 0 Å². The number of thiocarbonyl (C=S) groups is 1. The third-order valence-electron chi connectivity index (χ3n) is 4.10. The van der Waals surface area contributed by atoms with E-state index in [-0.39, 0.29) is 36.4 Å². The summed E-state index contributed by atoms with van der Waals surface area (Å²) < 4.78 is 36.1. The second-order valence-electron chi connectivity index (χ2n) is 6.32. The lowest BCUT2D eigenvalue weighted by atomic mass is 10.2. The van der Waals surface area contributed by atoms with Gasteiger partial charge in [-0.1, -0.05) is 36.1 Å². The maximum atomic E-state index is 13.0. The maximum absolute atomic E-state index is 13.0. The van der Waals surface area contributed by atoms with Crippen molar-refractivity contribution in [3.8, 4) is 0 Å². The molecule has 28 heavy (non-hydrogen) atoms. The predicted molar refractivity (Wildman–Crippen MR) is 110 cm³/mol. The number of carbonyl (C=O) groups excluding carboxylic acids is 2. The van der Waals surface area contributed by atoms with Crippen LogP contribution < -0.4 is 5.32 Å². The van der Waals surface area contributed by atoms with Gasteiger partial charge in [0, 0.05) is 18.4 Å². The number of nitrogens with zero attached hydrogens (tertiary/aromatic N) is 1. The number of hydrogen-bond donors (Lipinski definition) is 1. The number of nitrogens with one attached hydrogen (secondary N) is 1. The van der Waals surface area contributed by atoms with E-state index in [2.05, 4.69) is 5.32 Å². The molecule has 0 aliphatic carbocycles. The molecular weight excluding hydrogens is 423 g/mol. The van der Waals surface area contributed by atoms with Crippen LogP contribution in [-0.2, 0) is 19.4 Å². The smallest absolute Gasteiger partial charge is 0.266 e. The molecule has 0 radical (unpaired) electrons. The molecular formula is C18H17FN2O4S3. The van der Waals surface area contributed by atoms with Gasteiger partial charge < -0.3 is 5.32 Å². The molecule has 10 heteroatoms. The maximum Gasteiger partial charge on any atom is 0.266 e. The van der Waals surface area contributed by atoms with Crippen LogP contribution >= 0.6 is 24.0 Å². The summed E-state index contributed by atoms with van der Waals surface area (Å²) in [5.74, 6) is -1.00. The number of rotatable bonds is 6. The van der Waals surface area contributed by atoms with Crippen molar-refractivity contribution in [3.63, 3.8) is 0 Å². The number of carbonyl (C=O) groups is 2. The molecule has 2 amide bonds. The van der Waals surface area contributed by atoms with Gasteiger partial charge in [-0.3, -0.25) is 14.5 Å². The summed E-state index contributed by atoms with van der Waals surface area (Å²) in [6, 6.07) is 5.27. The van der Waals surface area contributed by atoms with Crippen LogP contribution in [0.3, 0.4) is 0 Å². The Bertz CT molecular complexity index is 971. The highest BCUT2D eigenvalue weighted by Crippen LogP contribution is 2.32. The van der Waals surface area contributed by atoms with E-state index in [1.807, 2.05) is 0 Å². The van der Waals surface area contributed by atoms with Crippen molar-refractivity contribution in [1.29, 1.82) is 0 Å². The number of amides is 2. The number of hydrogen-bond acceptors (Lipinski definition) is 6. The molecule has 2 aliphatic heterocycles. The molecule has 148 valence electrons. The van der Waals surface area contributed by atoms with Gasteiger partial charge in [-0.05, 0) is 36.3 Å². The van der Waals surface area contributed by atoms with Crippen LogP contribution in [0.4, 0.5) is 4.39 Å². The molecule has 2 heterocycles. The van der Waals surface area contributed by atoms with E-state index >= 15 is 0 Å². The van der Waals surface area contributed by atoms with Gasteiger partial charge in [0.15, 0.2) is 9.84 Å². The lowest BCUT2D eigenvalue weighted by Crippen LogP contribution is -2.36. The third-order valence-corrected chi connectivity index (χ3v) is 6.88. The summed E-state index contributed by atoms with van der Waals surface area (Å²) in [7, 11) is -3.22. The van der Waals surface area contributed by atoms with Crippen LogP contribution in [-0.4, -0.2) is 47.8 Å². The fourth-order valence-electron chi connectivity index (χ4n) is 2.75. The highest BCUT2D eigenvalue weighted by molar-refractivity contribution is 8.26. The van der Waals surface area contributed by atoms with Crippen molar-refractivity contribution < 1.29 is 22.4 Å². The summed E-state index contributed by atoms with van der Waals surface area (Å²) in [4.78, 5) is 26.3. The molecule has 1 aromatic rings. The molecule has 0 bridgehead atoms. The van der Waals surface area contributed by atoms with Gasteiger partial charge in [0.2, 0.25) is 5.91 Å². The zero-order valence-electron chi connectivity index (χ0n) is 14.6. The summed E-state index contributed by atoms with van der Waals surface area (Å²) in [5, 5.41) is 3.74. The Morgan fingerprint density at radius 3 is 2.71 bits per heavy atom. The van der Waals surface area contributed by atoms with Crippen molar-refractivity contribution in [2.24, 2.45) is 0 Å². The highest BCUT2D eigenvalue weighted by atomic mass is 32.2. The minimum Gasteiger partial charge on any atom is -0.349 e. The first-order valence-electron chi connectivity index (χ1n) is 8.45. The number of benzene rings is 1. The molecule has 1 N–H and O–H groups in total. The number of thioether (sulfide) groups is 1. The van der Waals surface area contributed by atoms with Crippen LogP contribution in [0.25, 0.3) is 6.08 Å². The Kier molecular flexibility index (Phi) is 6.31. The monoisotopic (exact) mass is 440 g/mol. The van der Waals surface area contributed by atoms with Gasteiger partial charge in [0.1, 0.15) is 10.1 Å². The molecule has 1 saturated heterocycles. The minimum atomic E-state index is -3.22. The van der Waals surface area contributed by atoms with Crippen molar-refractivity contribution in [3.05, 3.63) is 52.0 Å². The molecule has 1 fully saturated rings. The molecule has 2 aliphatic rings. The second kappa shape index (κ2) is 8.54. The number of sulfone groups is 1. The van der Waals surface area contributed by atoms with E-state index in [9.17, 15) is 22.4 Å². The van der Waals surface area contributed by atoms with Gasteiger partial charge in [-0.2, -0.15) is 0 Å². The quantitative estimate of drug-likeness (QED) is 0.540. The highest BCUT2D eigenvalue weighted by Gasteiger charge is 2.31. The Labute approximate surface area is 171 Å². The molecule has 3 rings (SSSR count). The average Bonchev–Trinajstić information content (AvgIpc) is 3.09. The normalized spacial score (nSPS) is 22.2. The largest absolute Gasteiger partial charge is 0.349 e. The topological polar surface area (TPSA) is 83.6 Å². The Morgan fingerprint density at radius 1 is 1.36 bits per heavy atom. The first kappa shape index (κ1) is 20.7. The minimum absolute atomic E-state index is 0.123. The SMILES string of the molecule is O=C(CCCN1C(=O)/C(=C/c2ccc(F)cc2)SC1=S)N[C@@H]1C=CS(=O)(=O)C1. The zero-order valence-corrected chi connectivity index (χ0v) is 17.1. The van der Waals surface area contributed by atoms with Crippen LogP contribution in [0.2, 0.25) is 0 Å². The molecule has 1 atom stereocenters. The lowest BCUT2D eigenvalue weighted by molar-refractivity contribution is -0.124. The van der Waals surface area contributed by atoms with E-state index in [0.717, 1.165) is 17.2 Å². The van der Waals surface area contributed by atoms with Crippen molar-refractivity contribution in [2.75, 3.05) is 12.3 Å². The van der Waals surface area contributed by atoms with E-state index in [1.165, 1.54) is 23.1 Å². The fraction of sp³-hybridized carbons (Fsp3) is 0.278. The summed E-state index contributed by atoms with van der Waals surface area (Å²) in [6.45, 7) is 0.289. The van der Waals surface area contributed by atoms with Crippen molar-refractivity contribution >= 4 is 56.0 Å². The standard InChI is InChI=1S/C18H17FN2O4S3/c19-13-5-3-12(4-6-13)10-15-17(23)21(18(26)27-15)8-1-2-16(22)20-14-7-9-28(24,25)11-14/h3-7,9-10,14H,1-2,8,11H2,(H,20,22)/b15-10-/t14-/m1/s1. The van der Waals surface area contributed by atoms with E-state index in [4.69, 9.17) is 12.2 Å². The zero-order chi connectivity index (χ0) is 20.3. The first-order chi connectivity index (χ1) is 13.2. The van der Waals surface area contributed by atoms with Gasteiger partial charge in [0.05, 0.1) is 16.7 Å². The fourth-order valence-corrected chi connectivity index (χ4v) is 5.29. The van der Waals surface area contributed by atoms with Gasteiger partial charge >= 0.3 is 0 Å². The molecule has 0 spiro atoms. The Morgan fingerprint density at radius 2 is 2.07 bits per heavy atom. The summed E-state index contributed by atoms with van der Waals surface area (Å²) >= 11 is 6.41. The predicted octanol–water partition coefficient (Wildman–Crippen LogP) is 2.23. The summed E-state index contributed by atoms with van der Waals surface area (Å²) in [5.41, 5.74) is 0.695. The lowest BCUT2D eigenvalue weighted by Gasteiger charge is -2.15. The molecule has 0 aromatic heterocycles. The molecule has 0 saturated carbocycles. The second-order valence-corrected chi connectivity index (χ2v) is 9.93. The van der Waals surface area contributed by atoms with E-state index < -0.39 is 15.9 Å². The van der Waals surface area contributed by atoms with E-state index in [1.54, 1.807) is 18.2 Å². The van der Waals surface area contributed by atoms with Gasteiger partial charge in [0.25, 0.3) is 5.91 Å². The van der Waals surface area contributed by atoms with Crippen molar-refractivity contribution in [2.45, 2.75) is 18.9 Å². The van der Waals surface area contributed by atoms with Crippen LogP contribution in [0, 0.1) is 5.82 Å². The van der Waals surface area contributed by atoms with Gasteiger partial charge in [-0.25, -0.2) is 12.8 Å². The third kappa shape index (κ3) is 5.27. The van der Waals surface area contributed by atoms with Crippen LogP contribution in [0.5, 0.6) is 0 Å². The van der Waals surface area contributed by atoms with E-state index in [0.29, 0.717) is 21.2 Å².